The van der Waals surface area contributed by atoms with Gasteiger partial charge in [-0.15, -0.1) is 20.4 Å². The fourth-order valence-electron chi connectivity index (χ4n) is 3.73. The van der Waals surface area contributed by atoms with E-state index in [1.807, 2.05) is 0 Å². The molecule has 0 spiro atoms. The summed E-state index contributed by atoms with van der Waals surface area (Å²) in [7, 11) is 1.00. The zero-order valence-electron chi connectivity index (χ0n) is 24.5. The van der Waals surface area contributed by atoms with Crippen LogP contribution in [0.4, 0.5) is 35.1 Å². The van der Waals surface area contributed by atoms with Crippen molar-refractivity contribution in [2.45, 2.75) is 40.0 Å². The van der Waals surface area contributed by atoms with Gasteiger partial charge in [0.1, 0.15) is 11.1 Å². The van der Waals surface area contributed by atoms with E-state index in [4.69, 9.17) is 14.6 Å². The molecule has 0 saturated carbocycles. The molecule has 0 aromatic carbocycles. The normalized spacial score (nSPS) is 11.3. The monoisotopic (exact) mass is 676 g/mol. The molecule has 250 valence electrons. The molecule has 0 aliphatic rings. The zero-order valence-corrected chi connectivity index (χ0v) is 24.5. The molecule has 4 aromatic rings. The fourth-order valence-corrected chi connectivity index (χ4v) is 3.73. The maximum absolute atomic E-state index is 13.0. The summed E-state index contributed by atoms with van der Waals surface area (Å²) in [6.07, 6.45) is -9.65. The lowest BCUT2D eigenvalue weighted by Gasteiger charge is -2.15. The average molecular weight is 676 g/mol. The van der Waals surface area contributed by atoms with Crippen LogP contribution in [0.25, 0.3) is 0 Å². The van der Waals surface area contributed by atoms with Crippen molar-refractivity contribution >= 4 is 11.9 Å². The van der Waals surface area contributed by atoms with Crippen LogP contribution in [0.5, 0.6) is 23.3 Å². The minimum absolute atomic E-state index is 0.00927. The number of carboxylic acids is 1. The molecule has 12 nitrogen and oxygen atoms in total. The van der Waals surface area contributed by atoms with Gasteiger partial charge in [0, 0.05) is 11.1 Å². The Morgan fingerprint density at radius 2 is 1.04 bits per heavy atom. The van der Waals surface area contributed by atoms with Crippen LogP contribution >= 0.6 is 0 Å². The lowest BCUT2D eigenvalue weighted by molar-refractivity contribution is -0.143. The van der Waals surface area contributed by atoms with Crippen molar-refractivity contribution in [3.63, 3.8) is 0 Å². The number of aryl methyl sites for hydroxylation is 2. The van der Waals surface area contributed by atoms with E-state index in [1.165, 1.54) is 19.9 Å². The molecular formula is C27H20F8N6O6. The third-order valence-corrected chi connectivity index (χ3v) is 5.93. The number of carbonyl (C=O) groups excluding carboxylic acids is 1. The zero-order chi connectivity index (χ0) is 35.4. The highest BCUT2D eigenvalue weighted by Crippen LogP contribution is 2.36. The Hall–Kier alpha value is -5.56. The Bertz CT molecular complexity index is 1840. The Balaban J connectivity index is 0.000000256. The van der Waals surface area contributed by atoms with Crippen LogP contribution in [0.2, 0.25) is 0 Å². The van der Waals surface area contributed by atoms with E-state index in [0.29, 0.717) is 0 Å². The predicted octanol–water partition coefficient (Wildman–Crippen LogP) is 6.36. The highest BCUT2D eigenvalue weighted by Gasteiger charge is 2.39. The molecule has 4 rings (SSSR count). The molecule has 0 aliphatic carbocycles. The number of nitrogens with zero attached hydrogens (tertiary/aromatic N) is 6. The number of aromatic carboxylic acids is 1. The number of aromatic nitrogens is 6. The van der Waals surface area contributed by atoms with E-state index in [2.05, 4.69) is 35.1 Å². The maximum atomic E-state index is 13.0. The first-order chi connectivity index (χ1) is 21.8. The van der Waals surface area contributed by atoms with Gasteiger partial charge in [0.2, 0.25) is 11.9 Å². The van der Waals surface area contributed by atoms with Crippen molar-refractivity contribution in [1.82, 2.24) is 30.4 Å². The van der Waals surface area contributed by atoms with Gasteiger partial charge in [-0.1, -0.05) is 0 Å². The number of carbonyl (C=O) groups is 2. The van der Waals surface area contributed by atoms with E-state index >= 15 is 0 Å². The Labute approximate surface area is 258 Å². The van der Waals surface area contributed by atoms with Gasteiger partial charge in [-0.25, -0.2) is 19.6 Å². The van der Waals surface area contributed by atoms with Gasteiger partial charge in [-0.3, -0.25) is 0 Å². The third-order valence-electron chi connectivity index (χ3n) is 5.93. The molecule has 1 N–H and O–H groups in total. The van der Waals surface area contributed by atoms with Crippen molar-refractivity contribution in [2.75, 3.05) is 7.11 Å². The molecule has 47 heavy (non-hydrogen) atoms. The lowest BCUT2D eigenvalue weighted by Crippen LogP contribution is -2.17. The first-order valence-corrected chi connectivity index (χ1v) is 12.6. The van der Waals surface area contributed by atoms with Crippen LogP contribution in [0.1, 0.15) is 54.6 Å². The Morgan fingerprint density at radius 1 is 0.660 bits per heavy atom. The summed E-state index contributed by atoms with van der Waals surface area (Å²) in [6.45, 7) is 4.79. The molecule has 0 radical (unpaired) electrons. The minimum atomic E-state index is -4.85. The van der Waals surface area contributed by atoms with Gasteiger partial charge in [-0.2, -0.15) is 35.1 Å². The van der Waals surface area contributed by atoms with E-state index in [1.54, 1.807) is 0 Å². The SMILES string of the molecule is COC(=O)c1c(Oc2ccc(F)nc2C)nnc(C(F)(F)F)c1C.Cc1nc(F)ccc1Oc1nnc(C(F)(F)F)c(C)c1C(=O)O. The maximum Gasteiger partial charge on any atom is 0.435 e. The third kappa shape index (κ3) is 8.38. The fraction of sp³-hybridized carbons (Fsp3) is 0.259. The van der Waals surface area contributed by atoms with Crippen molar-refractivity contribution in [3.05, 3.63) is 81.2 Å². The number of halogens is 8. The molecule has 20 heteroatoms. The molecule has 0 atom stereocenters. The van der Waals surface area contributed by atoms with Crippen molar-refractivity contribution in [1.29, 1.82) is 0 Å². The number of carboxylic acid groups (broad SMARTS) is 1. The van der Waals surface area contributed by atoms with Crippen molar-refractivity contribution in [3.8, 4) is 23.3 Å². The number of alkyl halides is 6. The summed E-state index contributed by atoms with van der Waals surface area (Å²) in [5, 5.41) is 21.7. The van der Waals surface area contributed by atoms with E-state index in [-0.39, 0.29) is 22.9 Å². The molecule has 0 unspecified atom stereocenters. The lowest BCUT2D eigenvalue weighted by atomic mass is 10.1. The van der Waals surface area contributed by atoms with Crippen LogP contribution < -0.4 is 9.47 Å². The van der Waals surface area contributed by atoms with E-state index in [9.17, 15) is 44.7 Å². The first-order valence-electron chi connectivity index (χ1n) is 12.6. The highest BCUT2D eigenvalue weighted by atomic mass is 19.4. The van der Waals surface area contributed by atoms with Gasteiger partial charge in [0.05, 0.1) is 18.5 Å². The van der Waals surface area contributed by atoms with E-state index < -0.39 is 81.6 Å². The molecule has 0 fully saturated rings. The molecule has 4 heterocycles. The molecule has 0 amide bonds. The van der Waals surface area contributed by atoms with Crippen molar-refractivity contribution in [2.24, 2.45) is 0 Å². The van der Waals surface area contributed by atoms with Crippen LogP contribution in [0.3, 0.4) is 0 Å². The number of hydrogen-bond donors (Lipinski definition) is 1. The molecule has 0 saturated heterocycles. The number of pyridine rings is 2. The van der Waals surface area contributed by atoms with Crippen LogP contribution in [-0.4, -0.2) is 54.5 Å². The largest absolute Gasteiger partial charge is 0.477 e. The summed E-state index contributed by atoms with van der Waals surface area (Å²) in [6, 6.07) is 4.29. The number of esters is 1. The van der Waals surface area contributed by atoms with Crippen molar-refractivity contribution < 1.29 is 64.0 Å². The number of ether oxygens (including phenoxy) is 3. The minimum Gasteiger partial charge on any atom is -0.477 e. The van der Waals surface area contributed by atoms with Gasteiger partial charge in [0.25, 0.3) is 11.8 Å². The Kier molecular flexibility index (Phi) is 10.6. The quantitative estimate of drug-likeness (QED) is 0.137. The smallest absolute Gasteiger partial charge is 0.435 e. The predicted molar refractivity (Wildman–Crippen MR) is 140 cm³/mol. The molecular weight excluding hydrogens is 656 g/mol. The van der Waals surface area contributed by atoms with Crippen LogP contribution in [0.15, 0.2) is 24.3 Å². The second kappa shape index (κ2) is 13.8. The van der Waals surface area contributed by atoms with Crippen LogP contribution in [0, 0.1) is 39.6 Å². The summed E-state index contributed by atoms with van der Waals surface area (Å²) < 4.78 is 118. The second-order valence-electron chi connectivity index (χ2n) is 9.14. The van der Waals surface area contributed by atoms with Gasteiger partial charge >= 0.3 is 24.3 Å². The number of rotatable bonds is 6. The molecule has 0 aliphatic heterocycles. The summed E-state index contributed by atoms with van der Waals surface area (Å²) in [5.41, 5.74) is -5.00. The number of methoxy groups -OCH3 is 1. The first kappa shape index (κ1) is 35.9. The van der Waals surface area contributed by atoms with Gasteiger partial charge in [0.15, 0.2) is 22.9 Å². The summed E-state index contributed by atoms with van der Waals surface area (Å²) >= 11 is 0. The topological polar surface area (TPSA) is 159 Å². The summed E-state index contributed by atoms with van der Waals surface area (Å²) in [4.78, 5) is 30.1. The van der Waals surface area contributed by atoms with Crippen LogP contribution in [-0.2, 0) is 17.1 Å². The van der Waals surface area contributed by atoms with Gasteiger partial charge < -0.3 is 19.3 Å². The summed E-state index contributed by atoms with van der Waals surface area (Å²) in [5.74, 6) is -5.47. The standard InChI is InChI=1S/C14H11F4N3O3.C13H9F4N3O3/c1-6-10(13(22)23-3)12(21-20-11(6)14(16,17)18)24-8-4-5-9(15)19-7(8)2;1-5-9(12(21)22)11(20-19-10(5)13(15,16)17)23-7-3-4-8(14)18-6(7)2/h4-5H,1-3H3;3-4H,1-2H3,(H,21,22). The average Bonchev–Trinajstić information content (AvgIpc) is 2.94. The van der Waals surface area contributed by atoms with E-state index in [0.717, 1.165) is 39.2 Å². The number of hydrogen-bond acceptors (Lipinski definition) is 11. The highest BCUT2D eigenvalue weighted by molar-refractivity contribution is 5.94. The second-order valence-corrected chi connectivity index (χ2v) is 9.14. The molecule has 0 bridgehead atoms. The van der Waals surface area contributed by atoms with Gasteiger partial charge in [-0.05, 0) is 52.0 Å². The molecule has 4 aromatic heterocycles. The Morgan fingerprint density at radius 3 is 1.38 bits per heavy atom.